The average Bonchev–Trinajstić information content (AvgIpc) is 3.14. The second-order valence-corrected chi connectivity index (χ2v) is 5.61. The van der Waals surface area contributed by atoms with Crippen LogP contribution in [-0.2, 0) is 0 Å². The van der Waals surface area contributed by atoms with Crippen molar-refractivity contribution in [3.8, 4) is 11.3 Å². The van der Waals surface area contributed by atoms with Gasteiger partial charge in [0, 0.05) is 17.2 Å². The van der Waals surface area contributed by atoms with Gasteiger partial charge in [0.25, 0.3) is 11.6 Å². The van der Waals surface area contributed by atoms with Crippen molar-refractivity contribution in [2.75, 3.05) is 0 Å². The van der Waals surface area contributed by atoms with Gasteiger partial charge in [0.05, 0.1) is 16.8 Å². The molecule has 2 aromatic carbocycles. The molecule has 0 spiro atoms. The van der Waals surface area contributed by atoms with Crippen molar-refractivity contribution in [2.45, 2.75) is 0 Å². The lowest BCUT2D eigenvalue weighted by molar-refractivity contribution is -0.384. The number of nitrogens with one attached hydrogen (secondary N) is 2. The van der Waals surface area contributed by atoms with Gasteiger partial charge in [-0.3, -0.25) is 20.0 Å². The molecule has 0 aliphatic rings. The fourth-order valence-corrected chi connectivity index (χ4v) is 2.36. The smallest absolute Gasteiger partial charge is 0.272 e. The largest absolute Gasteiger partial charge is 0.289 e. The lowest BCUT2D eigenvalue weighted by Crippen LogP contribution is -2.18. The van der Waals surface area contributed by atoms with Crippen molar-refractivity contribution in [1.82, 2.24) is 15.6 Å². The third-order valence-corrected chi connectivity index (χ3v) is 3.76. The lowest BCUT2D eigenvalue weighted by Gasteiger charge is -1.98. The van der Waals surface area contributed by atoms with Crippen LogP contribution in [0.1, 0.15) is 16.1 Å². The molecule has 1 aromatic heterocycles. The number of rotatable bonds is 5. The summed E-state index contributed by atoms with van der Waals surface area (Å²) in [5.41, 5.74) is 4.27. The third kappa shape index (κ3) is 3.93. The molecular weight excluding hydrogens is 358 g/mol. The van der Waals surface area contributed by atoms with E-state index < -0.39 is 10.8 Å². The van der Waals surface area contributed by atoms with E-state index in [1.165, 1.54) is 18.3 Å². The summed E-state index contributed by atoms with van der Waals surface area (Å²) in [7, 11) is 0. The molecule has 2 N–H and O–H groups in total. The van der Waals surface area contributed by atoms with E-state index in [1.54, 1.807) is 12.1 Å². The Kier molecular flexibility index (Phi) is 5.04. The van der Waals surface area contributed by atoms with Gasteiger partial charge in [0.1, 0.15) is 10.7 Å². The molecule has 0 bridgehead atoms. The van der Waals surface area contributed by atoms with Gasteiger partial charge in [-0.2, -0.15) is 10.2 Å². The van der Waals surface area contributed by atoms with Gasteiger partial charge in [0.15, 0.2) is 0 Å². The molecule has 3 aromatic rings. The van der Waals surface area contributed by atoms with Crippen LogP contribution in [0.2, 0.25) is 5.02 Å². The van der Waals surface area contributed by atoms with Crippen LogP contribution in [0.4, 0.5) is 5.69 Å². The number of aromatic amines is 1. The molecule has 0 saturated heterocycles. The lowest BCUT2D eigenvalue weighted by atomic mass is 10.1. The van der Waals surface area contributed by atoms with E-state index in [-0.39, 0.29) is 16.4 Å². The average molecular weight is 370 g/mol. The molecule has 0 radical (unpaired) electrons. The Hall–Kier alpha value is -3.52. The quantitative estimate of drug-likeness (QED) is 0.407. The summed E-state index contributed by atoms with van der Waals surface area (Å²) >= 11 is 5.74. The van der Waals surface area contributed by atoms with Crippen molar-refractivity contribution < 1.29 is 9.72 Å². The minimum absolute atomic E-state index is 0.0297. The van der Waals surface area contributed by atoms with Crippen molar-refractivity contribution >= 4 is 29.4 Å². The Bertz CT molecular complexity index is 985. The van der Waals surface area contributed by atoms with Crippen LogP contribution in [0.3, 0.4) is 0 Å². The summed E-state index contributed by atoms with van der Waals surface area (Å²) in [6, 6.07) is 15.2. The number of carbonyl (C=O) groups is 1. The number of carbonyl (C=O) groups excluding carboxylic acids is 1. The van der Waals surface area contributed by atoms with Crippen LogP contribution in [0.15, 0.2) is 59.7 Å². The summed E-state index contributed by atoms with van der Waals surface area (Å²) in [4.78, 5) is 22.4. The van der Waals surface area contributed by atoms with Gasteiger partial charge >= 0.3 is 0 Å². The molecule has 0 atom stereocenters. The first-order valence-corrected chi connectivity index (χ1v) is 7.80. The number of benzene rings is 2. The zero-order valence-electron chi connectivity index (χ0n) is 13.2. The van der Waals surface area contributed by atoms with Gasteiger partial charge in [-0.1, -0.05) is 48.0 Å². The molecule has 0 fully saturated rings. The first kappa shape index (κ1) is 17.3. The summed E-state index contributed by atoms with van der Waals surface area (Å²) < 4.78 is 0. The van der Waals surface area contributed by atoms with Crippen molar-refractivity contribution in [3.63, 3.8) is 0 Å². The van der Waals surface area contributed by atoms with Gasteiger partial charge in [-0.15, -0.1) is 0 Å². The zero-order chi connectivity index (χ0) is 18.5. The molecule has 9 heteroatoms. The number of nitro benzene ring substituents is 1. The number of hydrogen-bond donors (Lipinski definition) is 2. The van der Waals surface area contributed by atoms with Gasteiger partial charge in [0.2, 0.25) is 0 Å². The van der Waals surface area contributed by atoms with Crippen LogP contribution < -0.4 is 5.43 Å². The number of hydrogen-bond acceptors (Lipinski definition) is 5. The highest BCUT2D eigenvalue weighted by Gasteiger charge is 2.12. The van der Waals surface area contributed by atoms with E-state index in [4.69, 9.17) is 11.6 Å². The molecule has 26 heavy (non-hydrogen) atoms. The van der Waals surface area contributed by atoms with Crippen LogP contribution >= 0.6 is 11.6 Å². The predicted molar refractivity (Wildman–Crippen MR) is 97.2 cm³/mol. The Morgan fingerprint density at radius 1 is 1.23 bits per heavy atom. The highest BCUT2D eigenvalue weighted by molar-refractivity contribution is 6.32. The molecule has 1 heterocycles. The fraction of sp³-hybridized carbons (Fsp3) is 0. The van der Waals surface area contributed by atoms with Crippen LogP contribution in [0.25, 0.3) is 11.3 Å². The maximum Gasteiger partial charge on any atom is 0.289 e. The maximum absolute atomic E-state index is 12.1. The van der Waals surface area contributed by atoms with E-state index in [0.717, 1.165) is 5.56 Å². The maximum atomic E-state index is 12.1. The van der Waals surface area contributed by atoms with Crippen molar-refractivity contribution in [1.29, 1.82) is 0 Å². The molecule has 130 valence electrons. The second-order valence-electron chi connectivity index (χ2n) is 5.20. The van der Waals surface area contributed by atoms with E-state index in [1.807, 2.05) is 30.3 Å². The Morgan fingerprint density at radius 2 is 2.00 bits per heavy atom. The number of nitro groups is 1. The van der Waals surface area contributed by atoms with E-state index >= 15 is 0 Å². The summed E-state index contributed by atoms with van der Waals surface area (Å²) in [6.45, 7) is 0. The molecule has 1 amide bonds. The van der Waals surface area contributed by atoms with E-state index in [9.17, 15) is 14.9 Å². The monoisotopic (exact) mass is 369 g/mol. The highest BCUT2D eigenvalue weighted by Crippen LogP contribution is 2.24. The Labute approximate surface area is 152 Å². The zero-order valence-corrected chi connectivity index (χ0v) is 14.0. The number of aromatic nitrogens is 2. The summed E-state index contributed by atoms with van der Waals surface area (Å²) in [6.07, 6.45) is 1.29. The van der Waals surface area contributed by atoms with E-state index in [0.29, 0.717) is 11.3 Å². The van der Waals surface area contributed by atoms with Gasteiger partial charge < -0.3 is 0 Å². The predicted octanol–water partition coefficient (Wildman–Crippen LogP) is 3.40. The minimum atomic E-state index is -0.589. The fourth-order valence-electron chi connectivity index (χ4n) is 2.17. The molecule has 8 nitrogen and oxygen atoms in total. The molecule has 0 aliphatic carbocycles. The van der Waals surface area contributed by atoms with Crippen LogP contribution in [0.5, 0.6) is 0 Å². The SMILES string of the molecule is O=C(NN=Cc1ccc(Cl)c([N+](=O)[O-])c1)c1cc(-c2ccccc2)n[nH]1. The number of amides is 1. The second kappa shape index (κ2) is 7.58. The normalized spacial score (nSPS) is 10.8. The standard InChI is InChI=1S/C17H12ClN5O3/c18-13-7-6-11(8-16(13)23(25)26)10-19-22-17(24)15-9-14(20-21-15)12-4-2-1-3-5-12/h1-10H,(H,20,21)(H,22,24). The number of halogens is 1. The van der Waals surface area contributed by atoms with Crippen molar-refractivity contribution in [3.05, 3.63) is 81.0 Å². The van der Waals surface area contributed by atoms with E-state index in [2.05, 4.69) is 20.7 Å². The summed E-state index contributed by atoms with van der Waals surface area (Å²) in [5.74, 6) is -0.487. The molecule has 3 rings (SSSR count). The Balaban J connectivity index is 1.68. The highest BCUT2D eigenvalue weighted by atomic mass is 35.5. The molecule has 0 aliphatic heterocycles. The summed E-state index contributed by atoms with van der Waals surface area (Å²) in [5, 5.41) is 21.4. The minimum Gasteiger partial charge on any atom is -0.272 e. The number of hydrazone groups is 1. The van der Waals surface area contributed by atoms with Crippen LogP contribution in [-0.4, -0.2) is 27.2 Å². The first-order valence-electron chi connectivity index (χ1n) is 7.43. The van der Waals surface area contributed by atoms with Crippen molar-refractivity contribution in [2.24, 2.45) is 5.10 Å². The topological polar surface area (TPSA) is 113 Å². The molecular formula is C17H12ClN5O3. The van der Waals surface area contributed by atoms with Gasteiger partial charge in [-0.05, 0) is 12.1 Å². The third-order valence-electron chi connectivity index (χ3n) is 3.44. The molecule has 0 unspecified atom stereocenters. The molecule has 0 saturated carbocycles. The number of nitrogens with zero attached hydrogens (tertiary/aromatic N) is 3. The van der Waals surface area contributed by atoms with Gasteiger partial charge in [-0.25, -0.2) is 5.43 Å². The Morgan fingerprint density at radius 3 is 2.73 bits per heavy atom. The first-order chi connectivity index (χ1) is 12.5. The number of H-pyrrole nitrogens is 1. The van der Waals surface area contributed by atoms with Crippen LogP contribution in [0, 0.1) is 10.1 Å².